The van der Waals surface area contributed by atoms with Gasteiger partial charge in [0.2, 0.25) is 10.9 Å². The van der Waals surface area contributed by atoms with Crippen molar-refractivity contribution in [2.45, 2.75) is 12.4 Å². The number of hydrogen-bond donors (Lipinski definition) is 4. The van der Waals surface area contributed by atoms with Gasteiger partial charge in [0.05, 0.1) is 5.94 Å². The SMILES string of the molecule is O=[SH](=O)NC(Cc1ccccc1)B(O)O. The van der Waals surface area contributed by atoms with E-state index in [1.54, 1.807) is 24.3 Å². The second-order valence-electron chi connectivity index (χ2n) is 3.10. The lowest BCUT2D eigenvalue weighted by Crippen LogP contribution is -2.44. The van der Waals surface area contributed by atoms with Crippen LogP contribution in [0.15, 0.2) is 30.3 Å². The molecule has 1 rings (SSSR count). The van der Waals surface area contributed by atoms with Gasteiger partial charge in [-0.05, 0) is 12.0 Å². The van der Waals surface area contributed by atoms with Crippen LogP contribution in [-0.2, 0) is 17.3 Å². The summed E-state index contributed by atoms with van der Waals surface area (Å²) in [5, 5.41) is 17.9. The van der Waals surface area contributed by atoms with Gasteiger partial charge in [-0.15, -0.1) is 0 Å². The molecule has 1 aromatic rings. The van der Waals surface area contributed by atoms with Crippen molar-refractivity contribution in [1.82, 2.24) is 4.72 Å². The molecule has 1 atom stereocenters. The van der Waals surface area contributed by atoms with Crippen molar-refractivity contribution in [3.63, 3.8) is 0 Å². The highest BCUT2D eigenvalue weighted by molar-refractivity contribution is 7.70. The molecule has 0 fully saturated rings. The van der Waals surface area contributed by atoms with Crippen LogP contribution in [0.2, 0.25) is 0 Å². The maximum atomic E-state index is 10.4. The predicted molar refractivity (Wildman–Crippen MR) is 57.6 cm³/mol. The smallest absolute Gasteiger partial charge is 0.426 e. The first-order valence-electron chi connectivity index (χ1n) is 4.40. The van der Waals surface area contributed by atoms with Crippen LogP contribution >= 0.6 is 0 Å². The predicted octanol–water partition coefficient (Wildman–Crippen LogP) is -1.27. The molecule has 1 unspecified atom stereocenters. The molecule has 0 bridgehead atoms. The molecule has 0 heterocycles. The quantitative estimate of drug-likeness (QED) is 0.374. The van der Waals surface area contributed by atoms with Crippen LogP contribution in [0, 0.1) is 0 Å². The van der Waals surface area contributed by atoms with Gasteiger partial charge in [-0.2, -0.15) is 0 Å². The van der Waals surface area contributed by atoms with E-state index in [2.05, 4.69) is 4.72 Å². The Morgan fingerprint density at radius 3 is 2.33 bits per heavy atom. The highest BCUT2D eigenvalue weighted by Crippen LogP contribution is 2.03. The lowest BCUT2D eigenvalue weighted by Gasteiger charge is -2.13. The molecular formula is C8H12BNO4S. The lowest BCUT2D eigenvalue weighted by atomic mass is 9.77. The Balaban J connectivity index is 2.67. The first-order chi connectivity index (χ1) is 7.09. The van der Waals surface area contributed by atoms with Crippen molar-refractivity contribution in [3.8, 4) is 0 Å². The van der Waals surface area contributed by atoms with Crippen LogP contribution in [0.3, 0.4) is 0 Å². The second kappa shape index (κ2) is 5.87. The second-order valence-corrected chi connectivity index (χ2v) is 3.87. The number of benzene rings is 1. The molecule has 0 radical (unpaired) electrons. The summed E-state index contributed by atoms with van der Waals surface area (Å²) in [6, 6.07) is 9.00. The standard InChI is InChI=1S/C8H12BNO4S/c11-9(12)8(10-15(13)14)6-7-4-2-1-3-5-7/h1-5,8,11-12,15H,6H2,(H,10,13,14). The van der Waals surface area contributed by atoms with E-state index in [1.165, 1.54) is 0 Å². The fourth-order valence-electron chi connectivity index (χ4n) is 1.22. The Morgan fingerprint density at radius 1 is 1.27 bits per heavy atom. The minimum atomic E-state index is -2.84. The lowest BCUT2D eigenvalue weighted by molar-refractivity contribution is 0.380. The molecule has 3 N–H and O–H groups in total. The summed E-state index contributed by atoms with van der Waals surface area (Å²) in [4.78, 5) is 0. The van der Waals surface area contributed by atoms with Crippen LogP contribution in [0.4, 0.5) is 0 Å². The summed E-state index contributed by atoms with van der Waals surface area (Å²) >= 11 is 0. The molecule has 0 aliphatic rings. The maximum Gasteiger partial charge on any atom is 0.471 e. The monoisotopic (exact) mass is 229 g/mol. The molecule has 1 aromatic carbocycles. The van der Waals surface area contributed by atoms with Crippen LogP contribution in [0.5, 0.6) is 0 Å². The highest BCUT2D eigenvalue weighted by atomic mass is 32.2. The molecule has 0 aromatic heterocycles. The molecule has 82 valence electrons. The Morgan fingerprint density at radius 2 is 1.87 bits per heavy atom. The minimum absolute atomic E-state index is 0.238. The Kier molecular flexibility index (Phi) is 4.77. The first kappa shape index (κ1) is 12.2. The molecule has 7 heteroatoms. The van der Waals surface area contributed by atoms with Crippen LogP contribution in [0.1, 0.15) is 5.56 Å². The third-order valence-corrected chi connectivity index (χ3v) is 2.47. The summed E-state index contributed by atoms with van der Waals surface area (Å²) in [7, 11) is -4.55. The number of thiol groups is 1. The van der Waals surface area contributed by atoms with Gasteiger partial charge >= 0.3 is 7.12 Å². The summed E-state index contributed by atoms with van der Waals surface area (Å²) in [5.41, 5.74) is 0.833. The van der Waals surface area contributed by atoms with Crippen molar-refractivity contribution in [2.24, 2.45) is 0 Å². The van der Waals surface area contributed by atoms with E-state index in [0.29, 0.717) is 0 Å². The van der Waals surface area contributed by atoms with Crippen molar-refractivity contribution in [2.75, 3.05) is 0 Å². The van der Waals surface area contributed by atoms with Crippen LogP contribution in [-0.4, -0.2) is 31.5 Å². The Hall–Kier alpha value is -0.885. The summed E-state index contributed by atoms with van der Waals surface area (Å²) in [6.07, 6.45) is 0.238. The minimum Gasteiger partial charge on any atom is -0.426 e. The topological polar surface area (TPSA) is 86.6 Å². The van der Waals surface area contributed by atoms with Gasteiger partial charge in [0, 0.05) is 0 Å². The molecular weight excluding hydrogens is 217 g/mol. The molecule has 0 saturated heterocycles. The van der Waals surface area contributed by atoms with Gasteiger partial charge in [-0.3, -0.25) is 0 Å². The molecule has 0 spiro atoms. The number of hydrogen-bond acceptors (Lipinski definition) is 4. The zero-order chi connectivity index (χ0) is 11.3. The fourth-order valence-corrected chi connectivity index (χ4v) is 1.72. The Labute approximate surface area is 90.0 Å². The van der Waals surface area contributed by atoms with Crippen molar-refractivity contribution in [1.29, 1.82) is 0 Å². The van der Waals surface area contributed by atoms with E-state index >= 15 is 0 Å². The van der Waals surface area contributed by atoms with E-state index < -0.39 is 23.9 Å². The van der Waals surface area contributed by atoms with Gasteiger partial charge in [-0.1, -0.05) is 30.3 Å². The largest absolute Gasteiger partial charge is 0.471 e. The van der Waals surface area contributed by atoms with Gasteiger partial charge in [0.25, 0.3) is 0 Å². The van der Waals surface area contributed by atoms with Crippen molar-refractivity contribution >= 4 is 18.0 Å². The van der Waals surface area contributed by atoms with E-state index in [4.69, 9.17) is 10.0 Å². The van der Waals surface area contributed by atoms with Gasteiger partial charge in [0.15, 0.2) is 0 Å². The van der Waals surface area contributed by atoms with Crippen molar-refractivity contribution in [3.05, 3.63) is 35.9 Å². The number of rotatable bonds is 5. The summed E-state index contributed by atoms with van der Waals surface area (Å²) in [6.45, 7) is 0. The van der Waals surface area contributed by atoms with Gasteiger partial charge in [-0.25, -0.2) is 13.1 Å². The molecule has 5 nitrogen and oxygen atoms in total. The maximum absolute atomic E-state index is 10.4. The van der Waals surface area contributed by atoms with E-state index in [9.17, 15) is 8.42 Å². The highest BCUT2D eigenvalue weighted by Gasteiger charge is 2.23. The average molecular weight is 229 g/mol. The fraction of sp³-hybridized carbons (Fsp3) is 0.250. The average Bonchev–Trinajstić information content (AvgIpc) is 2.17. The summed E-state index contributed by atoms with van der Waals surface area (Å²) in [5.74, 6) is -0.909. The van der Waals surface area contributed by atoms with Crippen LogP contribution in [0.25, 0.3) is 0 Å². The van der Waals surface area contributed by atoms with E-state index in [-0.39, 0.29) is 6.42 Å². The molecule has 0 aliphatic heterocycles. The zero-order valence-electron chi connectivity index (χ0n) is 7.91. The van der Waals surface area contributed by atoms with Crippen LogP contribution < -0.4 is 4.72 Å². The first-order valence-corrected chi connectivity index (χ1v) is 5.58. The van der Waals surface area contributed by atoms with Gasteiger partial charge < -0.3 is 10.0 Å². The third-order valence-electron chi connectivity index (χ3n) is 1.93. The Bertz CT molecular complexity index is 360. The zero-order valence-corrected chi connectivity index (χ0v) is 8.80. The van der Waals surface area contributed by atoms with Gasteiger partial charge in [0.1, 0.15) is 0 Å². The molecule has 0 saturated carbocycles. The number of nitrogens with one attached hydrogen (secondary N) is 1. The van der Waals surface area contributed by atoms with Crippen molar-refractivity contribution < 1.29 is 18.5 Å². The molecule has 0 aliphatic carbocycles. The molecule has 15 heavy (non-hydrogen) atoms. The summed E-state index contributed by atoms with van der Waals surface area (Å²) < 4.78 is 22.9. The normalized spacial score (nSPS) is 12.7. The van der Waals surface area contributed by atoms with E-state index in [0.717, 1.165) is 5.56 Å². The third kappa shape index (κ3) is 4.43. The molecule has 0 amide bonds. The van der Waals surface area contributed by atoms with E-state index in [1.807, 2.05) is 6.07 Å².